The molecule has 0 aliphatic heterocycles. The number of rotatable bonds is 6. The molecule has 8 heteroatoms. The molecule has 3 rings (SSSR count). The van der Waals surface area contributed by atoms with E-state index in [2.05, 4.69) is 20.8 Å². The molecule has 0 saturated heterocycles. The number of nitrogens with one attached hydrogen (secondary N) is 2. The fourth-order valence-electron chi connectivity index (χ4n) is 1.90. The Balaban J connectivity index is 1.58. The van der Waals surface area contributed by atoms with E-state index in [1.54, 1.807) is 6.07 Å². The molecule has 1 fully saturated rings. The van der Waals surface area contributed by atoms with E-state index in [0.29, 0.717) is 11.1 Å². The summed E-state index contributed by atoms with van der Waals surface area (Å²) >= 11 is 8.97. The number of thioether (sulfide) groups is 1. The topological polar surface area (TPSA) is 66.9 Å². The minimum atomic E-state index is -0.268. The van der Waals surface area contributed by atoms with Crippen molar-refractivity contribution in [3.8, 4) is 0 Å². The highest BCUT2D eigenvalue weighted by molar-refractivity contribution is 8.02. The van der Waals surface area contributed by atoms with Crippen molar-refractivity contribution in [2.24, 2.45) is 0 Å². The lowest BCUT2D eigenvalue weighted by Crippen LogP contribution is -2.22. The summed E-state index contributed by atoms with van der Waals surface area (Å²) in [5.74, 6) is -0.0766. The van der Waals surface area contributed by atoms with Crippen molar-refractivity contribution < 1.29 is 4.79 Å². The van der Waals surface area contributed by atoms with Crippen LogP contribution in [0.15, 0.2) is 22.5 Å². The monoisotopic (exact) mass is 368 g/mol. The first-order valence-corrected chi connectivity index (χ1v) is 9.43. The number of carbonyl (C=O) groups excluding carboxylic acids is 1. The molecule has 1 atom stereocenters. The van der Waals surface area contributed by atoms with Crippen LogP contribution >= 0.6 is 34.7 Å². The third-order valence-electron chi connectivity index (χ3n) is 3.48. The largest absolute Gasteiger partial charge is 0.357 e. The molecule has 1 aliphatic rings. The lowest BCUT2D eigenvalue weighted by atomic mass is 10.2. The first-order chi connectivity index (χ1) is 11.0. The highest BCUT2D eigenvalue weighted by atomic mass is 35.5. The Hall–Kier alpha value is -1.31. The fraction of sp³-hybridized carbons (Fsp3) is 0.400. The van der Waals surface area contributed by atoms with Crippen molar-refractivity contribution in [3.63, 3.8) is 0 Å². The number of hydrogen-bond donors (Lipinski definition) is 2. The van der Waals surface area contributed by atoms with Gasteiger partial charge in [-0.1, -0.05) is 40.8 Å². The number of aromatic nitrogens is 2. The molecule has 122 valence electrons. The zero-order valence-electron chi connectivity index (χ0n) is 12.8. The minimum absolute atomic E-state index is 0.0766. The molecular formula is C15H17ClN4OS2. The predicted octanol–water partition coefficient (Wildman–Crippen LogP) is 4.19. The minimum Gasteiger partial charge on any atom is -0.357 e. The van der Waals surface area contributed by atoms with Gasteiger partial charge in [0.2, 0.25) is 11.0 Å². The first-order valence-electron chi connectivity index (χ1n) is 7.35. The van der Waals surface area contributed by atoms with E-state index < -0.39 is 0 Å². The molecule has 0 bridgehead atoms. The van der Waals surface area contributed by atoms with Gasteiger partial charge in [-0.15, -0.1) is 10.2 Å². The Morgan fingerprint density at radius 3 is 2.96 bits per heavy atom. The van der Waals surface area contributed by atoms with Crippen molar-refractivity contribution in [1.82, 2.24) is 10.2 Å². The number of hydrogen-bond acceptors (Lipinski definition) is 6. The normalized spacial score (nSPS) is 15.3. The molecule has 1 aromatic heterocycles. The van der Waals surface area contributed by atoms with Crippen LogP contribution in [0.4, 0.5) is 10.8 Å². The van der Waals surface area contributed by atoms with E-state index in [-0.39, 0.29) is 11.2 Å². The zero-order valence-corrected chi connectivity index (χ0v) is 15.2. The summed E-state index contributed by atoms with van der Waals surface area (Å²) in [5, 5.41) is 15.7. The highest BCUT2D eigenvalue weighted by Crippen LogP contribution is 2.32. The van der Waals surface area contributed by atoms with Crippen molar-refractivity contribution in [1.29, 1.82) is 0 Å². The van der Waals surface area contributed by atoms with Crippen LogP contribution in [0.3, 0.4) is 0 Å². The van der Waals surface area contributed by atoms with Crippen LogP contribution in [-0.4, -0.2) is 27.4 Å². The van der Waals surface area contributed by atoms with Gasteiger partial charge in [-0.3, -0.25) is 4.79 Å². The zero-order chi connectivity index (χ0) is 16.4. The third kappa shape index (κ3) is 4.37. The molecule has 2 N–H and O–H groups in total. The van der Waals surface area contributed by atoms with Gasteiger partial charge < -0.3 is 10.6 Å². The Morgan fingerprint density at radius 1 is 1.43 bits per heavy atom. The summed E-state index contributed by atoms with van der Waals surface area (Å²) in [6, 6.07) is 6.02. The summed E-state index contributed by atoms with van der Waals surface area (Å²) < 4.78 is 0.790. The average Bonchev–Trinajstić information content (AvgIpc) is 3.22. The molecule has 2 aromatic rings. The quantitative estimate of drug-likeness (QED) is 0.748. The maximum atomic E-state index is 12.3. The summed E-state index contributed by atoms with van der Waals surface area (Å²) in [5.41, 5.74) is 1.61. The van der Waals surface area contributed by atoms with Crippen LogP contribution in [0.25, 0.3) is 0 Å². The first kappa shape index (κ1) is 16.5. The summed E-state index contributed by atoms with van der Waals surface area (Å²) in [6.07, 6.45) is 2.39. The molecule has 1 aliphatic carbocycles. The third-order valence-corrected chi connectivity index (χ3v) is 5.93. The summed E-state index contributed by atoms with van der Waals surface area (Å²) in [6.45, 7) is 3.74. The second-order valence-electron chi connectivity index (χ2n) is 5.45. The van der Waals surface area contributed by atoms with Crippen LogP contribution in [0.5, 0.6) is 0 Å². The van der Waals surface area contributed by atoms with Gasteiger partial charge in [-0.25, -0.2) is 0 Å². The van der Waals surface area contributed by atoms with Crippen molar-refractivity contribution in [3.05, 3.63) is 28.8 Å². The summed E-state index contributed by atoms with van der Waals surface area (Å²) in [7, 11) is 0. The number of carbonyl (C=O) groups is 1. The van der Waals surface area contributed by atoms with Gasteiger partial charge >= 0.3 is 0 Å². The van der Waals surface area contributed by atoms with Crippen LogP contribution < -0.4 is 10.6 Å². The number of halogens is 1. The maximum absolute atomic E-state index is 12.3. The van der Waals surface area contributed by atoms with Crippen molar-refractivity contribution in [2.75, 3.05) is 10.6 Å². The molecule has 1 heterocycles. The Bertz CT molecular complexity index is 717. The van der Waals surface area contributed by atoms with Gasteiger partial charge in [0.15, 0.2) is 4.34 Å². The molecule has 1 amide bonds. The second-order valence-corrected chi connectivity index (χ2v) is 8.43. The lowest BCUT2D eigenvalue weighted by molar-refractivity contribution is -0.115. The predicted molar refractivity (Wildman–Crippen MR) is 96.7 cm³/mol. The van der Waals surface area contributed by atoms with E-state index >= 15 is 0 Å². The standard InChI is InChI=1S/C15H17ClN4OS2/c1-8-11(16)4-3-5-12(8)18-13(21)9(2)22-15-20-19-14(23-15)17-10-6-7-10/h3-5,9-10H,6-7H2,1-2H3,(H,17,19)(H,18,21). The van der Waals surface area contributed by atoms with E-state index in [4.69, 9.17) is 11.6 Å². The second kappa shape index (κ2) is 7.07. The fourth-order valence-corrected chi connectivity index (χ4v) is 4.05. The SMILES string of the molecule is Cc1c(Cl)cccc1NC(=O)C(C)Sc1nnc(NC2CC2)s1. The van der Waals surface area contributed by atoms with Crippen LogP contribution in [0.2, 0.25) is 5.02 Å². The number of nitrogens with zero attached hydrogens (tertiary/aromatic N) is 2. The number of amides is 1. The van der Waals surface area contributed by atoms with E-state index in [1.807, 2.05) is 26.0 Å². The molecule has 0 spiro atoms. The molecule has 23 heavy (non-hydrogen) atoms. The van der Waals surface area contributed by atoms with Crippen molar-refractivity contribution in [2.45, 2.75) is 42.3 Å². The van der Waals surface area contributed by atoms with Gasteiger partial charge in [0, 0.05) is 16.8 Å². The van der Waals surface area contributed by atoms with E-state index in [0.717, 1.165) is 20.7 Å². The molecule has 1 saturated carbocycles. The highest BCUT2D eigenvalue weighted by Gasteiger charge is 2.23. The molecule has 1 aromatic carbocycles. The number of anilines is 2. The molecule has 1 unspecified atom stereocenters. The number of benzene rings is 1. The molecule has 0 radical (unpaired) electrons. The van der Waals surface area contributed by atoms with Gasteiger partial charge in [-0.2, -0.15) is 0 Å². The Morgan fingerprint density at radius 2 is 2.22 bits per heavy atom. The lowest BCUT2D eigenvalue weighted by Gasteiger charge is -2.12. The molecule has 5 nitrogen and oxygen atoms in total. The van der Waals surface area contributed by atoms with Crippen LogP contribution in [0.1, 0.15) is 25.3 Å². The average molecular weight is 369 g/mol. The van der Waals surface area contributed by atoms with E-state index in [1.165, 1.54) is 35.9 Å². The maximum Gasteiger partial charge on any atom is 0.237 e. The summed E-state index contributed by atoms with van der Waals surface area (Å²) in [4.78, 5) is 12.3. The molecular weight excluding hydrogens is 352 g/mol. The smallest absolute Gasteiger partial charge is 0.237 e. The Kier molecular flexibility index (Phi) is 5.08. The van der Waals surface area contributed by atoms with Crippen LogP contribution in [0, 0.1) is 6.92 Å². The van der Waals surface area contributed by atoms with Gasteiger partial charge in [0.25, 0.3) is 0 Å². The Labute approximate surface area is 148 Å². The van der Waals surface area contributed by atoms with Gasteiger partial charge in [-0.05, 0) is 44.4 Å². The van der Waals surface area contributed by atoms with Crippen molar-refractivity contribution >= 4 is 51.4 Å². The van der Waals surface area contributed by atoms with Gasteiger partial charge in [0.05, 0.1) is 5.25 Å². The van der Waals surface area contributed by atoms with Crippen LogP contribution in [-0.2, 0) is 4.79 Å². The van der Waals surface area contributed by atoms with Gasteiger partial charge in [0.1, 0.15) is 0 Å². The van der Waals surface area contributed by atoms with E-state index in [9.17, 15) is 4.79 Å².